The van der Waals surface area contributed by atoms with Crippen LogP contribution >= 0.6 is 0 Å². The standard InChI is InChI=1S/C17H18N2O/c1-4-19-10-15(13-6-5-11(2)12(3)9-13)14-7-8-18-16(14)17(19)20/h5-10,18H,4H2,1-3H3. The molecule has 2 heterocycles. The smallest absolute Gasteiger partial charge is 0.274 e. The predicted octanol–water partition coefficient (Wildman–Crippen LogP) is 3.63. The molecule has 1 N–H and O–H groups in total. The van der Waals surface area contributed by atoms with Gasteiger partial charge >= 0.3 is 0 Å². The van der Waals surface area contributed by atoms with Crippen LogP contribution in [0.15, 0.2) is 41.5 Å². The molecule has 0 spiro atoms. The van der Waals surface area contributed by atoms with E-state index in [1.807, 2.05) is 25.4 Å². The summed E-state index contributed by atoms with van der Waals surface area (Å²) in [6.07, 6.45) is 3.79. The second kappa shape index (κ2) is 4.67. The highest BCUT2D eigenvalue weighted by Gasteiger charge is 2.11. The Labute approximate surface area is 117 Å². The van der Waals surface area contributed by atoms with Crippen molar-refractivity contribution >= 4 is 10.9 Å². The van der Waals surface area contributed by atoms with Crippen molar-refractivity contribution in [2.24, 2.45) is 0 Å². The van der Waals surface area contributed by atoms with E-state index in [2.05, 4.69) is 37.0 Å². The minimum Gasteiger partial charge on any atom is -0.357 e. The van der Waals surface area contributed by atoms with Gasteiger partial charge in [-0.3, -0.25) is 4.79 Å². The molecule has 0 saturated carbocycles. The molecule has 102 valence electrons. The Morgan fingerprint density at radius 1 is 1.15 bits per heavy atom. The second-order valence-electron chi connectivity index (χ2n) is 5.20. The highest BCUT2D eigenvalue weighted by molar-refractivity contribution is 5.94. The molecule has 0 aliphatic heterocycles. The summed E-state index contributed by atoms with van der Waals surface area (Å²) in [5.41, 5.74) is 5.52. The van der Waals surface area contributed by atoms with Gasteiger partial charge in [0.15, 0.2) is 0 Å². The zero-order valence-corrected chi connectivity index (χ0v) is 12.0. The third-order valence-electron chi connectivity index (χ3n) is 3.96. The largest absolute Gasteiger partial charge is 0.357 e. The summed E-state index contributed by atoms with van der Waals surface area (Å²) < 4.78 is 1.75. The summed E-state index contributed by atoms with van der Waals surface area (Å²) in [6.45, 7) is 6.88. The van der Waals surface area contributed by atoms with Gasteiger partial charge in [-0.25, -0.2) is 0 Å². The van der Waals surface area contributed by atoms with Crippen LogP contribution in [0.2, 0.25) is 0 Å². The van der Waals surface area contributed by atoms with Gasteiger partial charge in [-0.05, 0) is 43.5 Å². The molecule has 3 aromatic rings. The van der Waals surface area contributed by atoms with Gasteiger partial charge in [-0.15, -0.1) is 0 Å². The van der Waals surface area contributed by atoms with Crippen molar-refractivity contribution in [3.63, 3.8) is 0 Å². The summed E-state index contributed by atoms with van der Waals surface area (Å²) in [6, 6.07) is 8.40. The molecular formula is C17H18N2O. The van der Waals surface area contributed by atoms with Gasteiger partial charge in [0.05, 0.1) is 0 Å². The Hall–Kier alpha value is -2.29. The molecule has 0 aliphatic rings. The van der Waals surface area contributed by atoms with E-state index in [0.717, 1.165) is 16.5 Å². The van der Waals surface area contributed by atoms with Gasteiger partial charge < -0.3 is 9.55 Å². The maximum absolute atomic E-state index is 12.3. The first-order chi connectivity index (χ1) is 9.61. The van der Waals surface area contributed by atoms with Gasteiger partial charge in [0.1, 0.15) is 5.52 Å². The van der Waals surface area contributed by atoms with Gasteiger partial charge in [0.25, 0.3) is 5.56 Å². The normalized spacial score (nSPS) is 11.2. The Kier molecular flexibility index (Phi) is 2.97. The Morgan fingerprint density at radius 3 is 2.65 bits per heavy atom. The molecule has 0 unspecified atom stereocenters. The van der Waals surface area contributed by atoms with Crippen LogP contribution in [0.3, 0.4) is 0 Å². The lowest BCUT2D eigenvalue weighted by molar-refractivity contribution is 0.734. The lowest BCUT2D eigenvalue weighted by atomic mass is 9.99. The zero-order chi connectivity index (χ0) is 14.3. The molecule has 3 heteroatoms. The Morgan fingerprint density at radius 2 is 1.95 bits per heavy atom. The first kappa shape index (κ1) is 12.7. The van der Waals surface area contributed by atoms with Crippen LogP contribution in [0.4, 0.5) is 0 Å². The minimum absolute atomic E-state index is 0.0417. The van der Waals surface area contributed by atoms with Gasteiger partial charge in [0, 0.05) is 29.9 Å². The number of benzene rings is 1. The van der Waals surface area contributed by atoms with Crippen molar-refractivity contribution in [1.29, 1.82) is 0 Å². The molecule has 0 bridgehead atoms. The zero-order valence-electron chi connectivity index (χ0n) is 12.0. The predicted molar refractivity (Wildman–Crippen MR) is 83.1 cm³/mol. The fourth-order valence-corrected chi connectivity index (χ4v) is 2.57. The van der Waals surface area contributed by atoms with E-state index >= 15 is 0 Å². The van der Waals surface area contributed by atoms with E-state index in [4.69, 9.17) is 0 Å². The van der Waals surface area contributed by atoms with Gasteiger partial charge in [0.2, 0.25) is 0 Å². The molecule has 3 rings (SSSR count). The number of hydrogen-bond donors (Lipinski definition) is 1. The topological polar surface area (TPSA) is 37.8 Å². The highest BCUT2D eigenvalue weighted by Crippen LogP contribution is 2.27. The number of rotatable bonds is 2. The Balaban J connectivity index is 2.35. The fraction of sp³-hybridized carbons (Fsp3) is 0.235. The van der Waals surface area contributed by atoms with Crippen LogP contribution < -0.4 is 5.56 Å². The maximum atomic E-state index is 12.3. The van der Waals surface area contributed by atoms with Crippen LogP contribution in [0, 0.1) is 13.8 Å². The number of aromatic amines is 1. The molecule has 3 nitrogen and oxygen atoms in total. The number of aromatic nitrogens is 2. The SMILES string of the molecule is CCn1cc(-c2ccc(C)c(C)c2)c2cc[nH]c2c1=O. The van der Waals surface area contributed by atoms with Crippen molar-refractivity contribution in [2.45, 2.75) is 27.3 Å². The Bertz CT molecular complexity index is 840. The molecule has 0 amide bonds. The van der Waals surface area contributed by atoms with Crippen LogP contribution in [0.1, 0.15) is 18.1 Å². The molecule has 0 atom stereocenters. The van der Waals surface area contributed by atoms with Crippen LogP contribution in [-0.4, -0.2) is 9.55 Å². The molecular weight excluding hydrogens is 248 g/mol. The average Bonchev–Trinajstić information content (AvgIpc) is 2.92. The molecule has 2 aromatic heterocycles. The molecule has 0 radical (unpaired) electrons. The molecule has 20 heavy (non-hydrogen) atoms. The van der Waals surface area contributed by atoms with Crippen molar-refractivity contribution in [1.82, 2.24) is 9.55 Å². The van der Waals surface area contributed by atoms with E-state index in [9.17, 15) is 4.79 Å². The highest BCUT2D eigenvalue weighted by atomic mass is 16.1. The quantitative estimate of drug-likeness (QED) is 0.755. The third kappa shape index (κ3) is 1.86. The summed E-state index contributed by atoms with van der Waals surface area (Å²) in [5, 5.41) is 0.989. The lowest BCUT2D eigenvalue weighted by Crippen LogP contribution is -2.19. The van der Waals surface area contributed by atoms with E-state index in [1.165, 1.54) is 11.1 Å². The van der Waals surface area contributed by atoms with E-state index in [0.29, 0.717) is 12.1 Å². The average molecular weight is 266 g/mol. The van der Waals surface area contributed by atoms with Crippen LogP contribution in [-0.2, 0) is 6.54 Å². The van der Waals surface area contributed by atoms with E-state index < -0.39 is 0 Å². The number of pyridine rings is 1. The fourth-order valence-electron chi connectivity index (χ4n) is 2.57. The first-order valence-corrected chi connectivity index (χ1v) is 6.90. The number of hydrogen-bond acceptors (Lipinski definition) is 1. The van der Waals surface area contributed by atoms with Crippen molar-refractivity contribution in [3.8, 4) is 11.1 Å². The maximum Gasteiger partial charge on any atom is 0.274 e. The minimum atomic E-state index is 0.0417. The van der Waals surface area contributed by atoms with E-state index in [-0.39, 0.29) is 5.56 Å². The molecule has 0 fully saturated rings. The lowest BCUT2D eigenvalue weighted by Gasteiger charge is -2.10. The van der Waals surface area contributed by atoms with Crippen molar-refractivity contribution in [3.05, 3.63) is 58.1 Å². The summed E-state index contributed by atoms with van der Waals surface area (Å²) in [7, 11) is 0. The molecule has 1 aromatic carbocycles. The third-order valence-corrected chi connectivity index (χ3v) is 3.96. The van der Waals surface area contributed by atoms with Gasteiger partial charge in [-0.2, -0.15) is 0 Å². The van der Waals surface area contributed by atoms with Gasteiger partial charge in [-0.1, -0.05) is 18.2 Å². The molecule has 0 aliphatic carbocycles. The van der Waals surface area contributed by atoms with Crippen LogP contribution in [0.25, 0.3) is 22.0 Å². The molecule has 0 saturated heterocycles. The number of nitrogens with zero attached hydrogens (tertiary/aromatic N) is 1. The summed E-state index contributed by atoms with van der Waals surface area (Å²) in [4.78, 5) is 15.3. The van der Waals surface area contributed by atoms with Crippen molar-refractivity contribution in [2.75, 3.05) is 0 Å². The van der Waals surface area contributed by atoms with Crippen molar-refractivity contribution < 1.29 is 0 Å². The number of H-pyrrole nitrogens is 1. The second-order valence-corrected chi connectivity index (χ2v) is 5.20. The summed E-state index contributed by atoms with van der Waals surface area (Å²) >= 11 is 0. The first-order valence-electron chi connectivity index (χ1n) is 6.90. The number of fused-ring (bicyclic) bond motifs is 1. The van der Waals surface area contributed by atoms with E-state index in [1.54, 1.807) is 4.57 Å². The van der Waals surface area contributed by atoms with Crippen LogP contribution in [0.5, 0.6) is 0 Å². The summed E-state index contributed by atoms with van der Waals surface area (Å²) in [5.74, 6) is 0. The number of aryl methyl sites for hydroxylation is 3. The monoisotopic (exact) mass is 266 g/mol. The number of nitrogens with one attached hydrogen (secondary N) is 1.